The number of H-pyrrole nitrogens is 1. The molecule has 2 aromatic carbocycles. The highest BCUT2D eigenvalue weighted by atomic mass is 35.5. The van der Waals surface area contributed by atoms with Crippen molar-refractivity contribution in [1.82, 2.24) is 9.97 Å². The third-order valence-electron chi connectivity index (χ3n) is 4.10. The molecule has 0 bridgehead atoms. The monoisotopic (exact) mass is 390 g/mol. The molecule has 7 nitrogen and oxygen atoms in total. The summed E-state index contributed by atoms with van der Waals surface area (Å²) < 4.78 is 5.71. The predicted molar refractivity (Wildman–Crippen MR) is 105 cm³/mol. The van der Waals surface area contributed by atoms with Crippen molar-refractivity contribution in [2.45, 2.75) is 0 Å². The zero-order valence-corrected chi connectivity index (χ0v) is 15.0. The van der Waals surface area contributed by atoms with Gasteiger partial charge in [-0.1, -0.05) is 23.7 Å². The number of nitrogens with zero attached hydrogens (tertiary/aromatic N) is 3. The van der Waals surface area contributed by atoms with Crippen LogP contribution in [0.4, 0.5) is 5.69 Å². The van der Waals surface area contributed by atoms with E-state index in [0.717, 1.165) is 11.0 Å². The van der Waals surface area contributed by atoms with Crippen LogP contribution in [0.1, 0.15) is 11.6 Å². The van der Waals surface area contributed by atoms with Crippen molar-refractivity contribution in [2.24, 2.45) is 0 Å². The number of nitro benzene ring substituents is 1. The van der Waals surface area contributed by atoms with Crippen molar-refractivity contribution >= 4 is 40.0 Å². The molecule has 0 saturated heterocycles. The third kappa shape index (κ3) is 3.24. The molecular weight excluding hydrogens is 380 g/mol. The average Bonchev–Trinajstić information content (AvgIpc) is 3.32. The van der Waals surface area contributed by atoms with Gasteiger partial charge in [0.05, 0.1) is 27.1 Å². The Morgan fingerprint density at radius 1 is 1.25 bits per heavy atom. The number of imidazole rings is 1. The van der Waals surface area contributed by atoms with E-state index in [-0.39, 0.29) is 16.3 Å². The second-order valence-electron chi connectivity index (χ2n) is 5.89. The van der Waals surface area contributed by atoms with Crippen LogP contribution in [-0.2, 0) is 0 Å². The Bertz CT molecular complexity index is 1250. The second-order valence-corrected chi connectivity index (χ2v) is 6.33. The molecule has 0 aliphatic heterocycles. The largest absolute Gasteiger partial charge is 0.456 e. The van der Waals surface area contributed by atoms with Gasteiger partial charge in [0.2, 0.25) is 0 Å². The topological polar surface area (TPSA) is 109 Å². The van der Waals surface area contributed by atoms with Gasteiger partial charge in [0.15, 0.2) is 0 Å². The number of para-hydroxylation sites is 2. The Balaban J connectivity index is 1.73. The fraction of sp³-hybridized carbons (Fsp3) is 0. The Hall–Kier alpha value is -3.89. The minimum Gasteiger partial charge on any atom is -0.456 e. The molecule has 0 radical (unpaired) electrons. The van der Waals surface area contributed by atoms with Crippen LogP contribution in [0.3, 0.4) is 0 Å². The molecule has 0 amide bonds. The molecule has 8 heteroatoms. The van der Waals surface area contributed by atoms with Crippen molar-refractivity contribution in [3.8, 4) is 17.4 Å². The molecule has 1 N–H and O–H groups in total. The molecule has 136 valence electrons. The fourth-order valence-corrected chi connectivity index (χ4v) is 2.98. The molecule has 0 spiro atoms. The summed E-state index contributed by atoms with van der Waals surface area (Å²) in [6.45, 7) is 0. The maximum atomic E-state index is 11.3. The van der Waals surface area contributed by atoms with Crippen LogP contribution in [0.2, 0.25) is 5.02 Å². The number of hydrogen-bond donors (Lipinski definition) is 1. The van der Waals surface area contributed by atoms with E-state index in [4.69, 9.17) is 16.0 Å². The van der Waals surface area contributed by atoms with Gasteiger partial charge >= 0.3 is 0 Å². The summed E-state index contributed by atoms with van der Waals surface area (Å²) in [6.07, 6.45) is 1.53. The lowest BCUT2D eigenvalue weighted by atomic mass is 10.1. The van der Waals surface area contributed by atoms with E-state index in [1.54, 1.807) is 18.2 Å². The second kappa shape index (κ2) is 7.02. The molecule has 0 aliphatic rings. The Morgan fingerprint density at radius 2 is 2.07 bits per heavy atom. The fourth-order valence-electron chi connectivity index (χ4n) is 2.82. The minimum absolute atomic E-state index is 0.157. The first-order valence-corrected chi connectivity index (χ1v) is 8.54. The van der Waals surface area contributed by atoms with Crippen LogP contribution in [0.15, 0.2) is 59.0 Å². The van der Waals surface area contributed by atoms with E-state index in [0.29, 0.717) is 22.9 Å². The van der Waals surface area contributed by atoms with Gasteiger partial charge in [-0.3, -0.25) is 10.1 Å². The minimum atomic E-state index is -0.519. The van der Waals surface area contributed by atoms with Crippen LogP contribution >= 0.6 is 11.6 Å². The zero-order chi connectivity index (χ0) is 19.7. The highest BCUT2D eigenvalue weighted by molar-refractivity contribution is 6.30. The van der Waals surface area contributed by atoms with E-state index in [9.17, 15) is 15.4 Å². The van der Waals surface area contributed by atoms with Gasteiger partial charge in [0.25, 0.3) is 5.69 Å². The molecule has 0 fully saturated rings. The van der Waals surface area contributed by atoms with Crippen LogP contribution in [0.25, 0.3) is 34.0 Å². The van der Waals surface area contributed by atoms with Crippen molar-refractivity contribution < 1.29 is 9.34 Å². The van der Waals surface area contributed by atoms with Gasteiger partial charge in [-0.05, 0) is 36.4 Å². The average molecular weight is 391 g/mol. The van der Waals surface area contributed by atoms with Crippen molar-refractivity contribution in [2.75, 3.05) is 0 Å². The summed E-state index contributed by atoms with van der Waals surface area (Å²) in [5.41, 5.74) is 1.99. The first-order valence-electron chi connectivity index (χ1n) is 8.16. The number of fused-ring (bicyclic) bond motifs is 1. The van der Waals surface area contributed by atoms with E-state index >= 15 is 0 Å². The number of rotatable bonds is 4. The predicted octanol–water partition coefficient (Wildman–Crippen LogP) is 5.45. The summed E-state index contributed by atoms with van der Waals surface area (Å²) in [5.74, 6) is 1.09. The van der Waals surface area contributed by atoms with Crippen LogP contribution in [0.5, 0.6) is 0 Å². The van der Waals surface area contributed by atoms with Crippen LogP contribution in [-0.4, -0.2) is 14.9 Å². The Labute approximate surface area is 163 Å². The Morgan fingerprint density at radius 3 is 2.82 bits per heavy atom. The third-order valence-corrected chi connectivity index (χ3v) is 4.34. The molecule has 0 atom stereocenters. The Kier molecular flexibility index (Phi) is 4.39. The summed E-state index contributed by atoms with van der Waals surface area (Å²) in [7, 11) is 0. The van der Waals surface area contributed by atoms with Crippen LogP contribution in [0, 0.1) is 21.4 Å². The number of nitriles is 1. The highest BCUT2D eigenvalue weighted by Gasteiger charge is 2.19. The molecule has 0 aliphatic carbocycles. The number of nitrogens with one attached hydrogen (secondary N) is 1. The first kappa shape index (κ1) is 17.5. The van der Waals surface area contributed by atoms with E-state index < -0.39 is 4.92 Å². The van der Waals surface area contributed by atoms with Crippen molar-refractivity contribution in [3.63, 3.8) is 0 Å². The standard InChI is InChI=1S/C20H11ClN4O3/c21-13-5-7-15(18(10-13)25(26)27)19-8-6-14(28-19)9-12(11-22)20-23-16-3-1-2-4-17(16)24-20/h1-10H,(H,23,24). The number of nitro groups is 1. The summed E-state index contributed by atoms with van der Waals surface area (Å²) in [5, 5.41) is 21.1. The number of furan rings is 1. The van der Waals surface area contributed by atoms with Gasteiger partial charge in [-0.2, -0.15) is 5.26 Å². The van der Waals surface area contributed by atoms with Crippen molar-refractivity contribution in [3.05, 3.63) is 81.3 Å². The quantitative estimate of drug-likeness (QED) is 0.283. The van der Waals surface area contributed by atoms with Gasteiger partial charge in [0.1, 0.15) is 23.4 Å². The first-order chi connectivity index (χ1) is 13.5. The maximum absolute atomic E-state index is 11.3. The van der Waals surface area contributed by atoms with Gasteiger partial charge in [0, 0.05) is 17.2 Å². The maximum Gasteiger partial charge on any atom is 0.281 e. The molecule has 0 unspecified atom stereocenters. The molecule has 0 saturated carbocycles. The number of aromatic nitrogens is 2. The van der Waals surface area contributed by atoms with Crippen LogP contribution < -0.4 is 0 Å². The number of benzene rings is 2. The molecule has 4 rings (SSSR count). The lowest BCUT2D eigenvalue weighted by Crippen LogP contribution is -1.91. The highest BCUT2D eigenvalue weighted by Crippen LogP contribution is 2.34. The zero-order valence-electron chi connectivity index (χ0n) is 14.2. The number of hydrogen-bond acceptors (Lipinski definition) is 5. The normalized spacial score (nSPS) is 11.5. The molecular formula is C20H11ClN4O3. The van der Waals surface area contributed by atoms with Gasteiger partial charge in [-0.15, -0.1) is 0 Å². The lowest BCUT2D eigenvalue weighted by molar-refractivity contribution is -0.384. The number of aromatic amines is 1. The van der Waals surface area contributed by atoms with E-state index in [2.05, 4.69) is 16.0 Å². The SMILES string of the molecule is N#CC(=Cc1ccc(-c2ccc(Cl)cc2[N+](=O)[O-])o1)c1nc2ccccc2[nH]1. The summed E-state index contributed by atoms with van der Waals surface area (Å²) >= 11 is 5.85. The molecule has 2 aromatic heterocycles. The molecule has 4 aromatic rings. The van der Waals surface area contributed by atoms with E-state index in [1.807, 2.05) is 24.3 Å². The van der Waals surface area contributed by atoms with Crippen molar-refractivity contribution in [1.29, 1.82) is 5.26 Å². The summed E-state index contributed by atoms with van der Waals surface area (Å²) in [4.78, 5) is 18.3. The number of halogens is 1. The molecule has 28 heavy (non-hydrogen) atoms. The lowest BCUT2D eigenvalue weighted by Gasteiger charge is -2.00. The number of allylic oxidation sites excluding steroid dienone is 1. The van der Waals surface area contributed by atoms with Gasteiger partial charge in [-0.25, -0.2) is 4.98 Å². The smallest absolute Gasteiger partial charge is 0.281 e. The van der Waals surface area contributed by atoms with E-state index in [1.165, 1.54) is 18.2 Å². The molecule has 2 heterocycles. The summed E-state index contributed by atoms with van der Waals surface area (Å²) in [6, 6.07) is 17.1. The van der Waals surface area contributed by atoms with Gasteiger partial charge < -0.3 is 9.40 Å².